The molecule has 1 N–H and O–H groups in total. The molecular weight excluding hydrogens is 278 g/mol. The van der Waals surface area contributed by atoms with E-state index in [1.807, 2.05) is 0 Å². The fraction of sp³-hybridized carbons (Fsp3) is 0.786. The van der Waals surface area contributed by atoms with Gasteiger partial charge in [0.25, 0.3) is 0 Å². The van der Waals surface area contributed by atoms with Crippen molar-refractivity contribution in [3.63, 3.8) is 0 Å². The number of carbonyl (C=O) groups is 1. The Balaban J connectivity index is 3.64. The van der Waals surface area contributed by atoms with Gasteiger partial charge in [0.1, 0.15) is 6.61 Å². The molecular formula is C14H27NO4S. The van der Waals surface area contributed by atoms with Crippen LogP contribution in [0.15, 0.2) is 12.2 Å². The number of sulfonamides is 1. The lowest BCUT2D eigenvalue weighted by molar-refractivity contribution is -0.138. The second-order valence-electron chi connectivity index (χ2n) is 4.90. The standard InChI is InChI=1S/C14H27NO4S/c1-4-5-6-7-8-9-12-20(17,18)15-10-11-19-14(16)13(2)3/h15H,2,4-12H2,1,3H3. The fourth-order valence-electron chi connectivity index (χ4n) is 1.61. The first-order valence-corrected chi connectivity index (χ1v) is 8.84. The van der Waals surface area contributed by atoms with Gasteiger partial charge in [-0.05, 0) is 13.3 Å². The van der Waals surface area contributed by atoms with Gasteiger partial charge >= 0.3 is 5.97 Å². The number of ether oxygens (including phenoxy) is 1. The largest absolute Gasteiger partial charge is 0.461 e. The Labute approximate surface area is 122 Å². The highest BCUT2D eigenvalue weighted by molar-refractivity contribution is 7.89. The molecule has 0 atom stereocenters. The van der Waals surface area contributed by atoms with Crippen LogP contribution in [0, 0.1) is 0 Å². The third-order valence-electron chi connectivity index (χ3n) is 2.77. The van der Waals surface area contributed by atoms with Crippen LogP contribution < -0.4 is 4.72 Å². The van der Waals surface area contributed by atoms with Crippen LogP contribution in [0.5, 0.6) is 0 Å². The maximum Gasteiger partial charge on any atom is 0.333 e. The Morgan fingerprint density at radius 3 is 2.35 bits per heavy atom. The molecule has 118 valence electrons. The minimum Gasteiger partial charge on any atom is -0.461 e. The number of rotatable bonds is 12. The number of hydrogen-bond acceptors (Lipinski definition) is 4. The second kappa shape index (κ2) is 10.9. The number of esters is 1. The Bertz CT molecular complexity index is 390. The van der Waals surface area contributed by atoms with Gasteiger partial charge in [-0.25, -0.2) is 17.9 Å². The molecule has 0 aromatic heterocycles. The van der Waals surface area contributed by atoms with Crippen molar-refractivity contribution in [1.82, 2.24) is 4.72 Å². The van der Waals surface area contributed by atoms with Crippen molar-refractivity contribution < 1.29 is 17.9 Å². The number of hydrogen-bond donors (Lipinski definition) is 1. The first kappa shape index (κ1) is 19.1. The van der Waals surface area contributed by atoms with Gasteiger partial charge in [-0.1, -0.05) is 45.6 Å². The van der Waals surface area contributed by atoms with Crippen molar-refractivity contribution >= 4 is 16.0 Å². The van der Waals surface area contributed by atoms with Gasteiger partial charge in [0.05, 0.1) is 5.75 Å². The summed E-state index contributed by atoms with van der Waals surface area (Å²) in [6.45, 7) is 7.27. The summed E-state index contributed by atoms with van der Waals surface area (Å²) in [5.41, 5.74) is 0.305. The first-order chi connectivity index (χ1) is 9.39. The molecule has 0 radical (unpaired) electrons. The van der Waals surface area contributed by atoms with Gasteiger partial charge in [-0.2, -0.15) is 0 Å². The Morgan fingerprint density at radius 1 is 1.15 bits per heavy atom. The van der Waals surface area contributed by atoms with Gasteiger partial charge in [0.2, 0.25) is 10.0 Å². The molecule has 0 rings (SSSR count). The lowest BCUT2D eigenvalue weighted by Gasteiger charge is -2.07. The molecule has 5 nitrogen and oxygen atoms in total. The summed E-state index contributed by atoms with van der Waals surface area (Å²) in [4.78, 5) is 11.1. The molecule has 6 heteroatoms. The van der Waals surface area contributed by atoms with Crippen LogP contribution in [0.25, 0.3) is 0 Å². The molecule has 0 amide bonds. The van der Waals surface area contributed by atoms with E-state index in [0.29, 0.717) is 12.0 Å². The Morgan fingerprint density at radius 2 is 1.75 bits per heavy atom. The van der Waals surface area contributed by atoms with Crippen LogP contribution >= 0.6 is 0 Å². The van der Waals surface area contributed by atoms with E-state index < -0.39 is 16.0 Å². The van der Waals surface area contributed by atoms with Crippen LogP contribution in [0.4, 0.5) is 0 Å². The summed E-state index contributed by atoms with van der Waals surface area (Å²) in [6, 6.07) is 0. The zero-order valence-electron chi connectivity index (χ0n) is 12.6. The molecule has 0 heterocycles. The quantitative estimate of drug-likeness (QED) is 0.341. The highest BCUT2D eigenvalue weighted by atomic mass is 32.2. The Kier molecular flexibility index (Phi) is 10.4. The van der Waals surface area contributed by atoms with Crippen molar-refractivity contribution in [3.05, 3.63) is 12.2 Å². The van der Waals surface area contributed by atoms with E-state index in [2.05, 4.69) is 18.2 Å². The van der Waals surface area contributed by atoms with E-state index in [9.17, 15) is 13.2 Å². The molecule has 0 aliphatic heterocycles. The molecule has 20 heavy (non-hydrogen) atoms. The Hall–Kier alpha value is -0.880. The molecule has 0 unspecified atom stereocenters. The lowest BCUT2D eigenvalue weighted by atomic mass is 10.1. The molecule has 0 saturated heterocycles. The maximum atomic E-state index is 11.6. The predicted octanol–water partition coefficient (Wildman–Crippen LogP) is 2.39. The van der Waals surface area contributed by atoms with E-state index in [1.165, 1.54) is 19.3 Å². The number of nitrogens with one attached hydrogen (secondary N) is 1. The highest BCUT2D eigenvalue weighted by Gasteiger charge is 2.09. The second-order valence-corrected chi connectivity index (χ2v) is 6.82. The normalized spacial score (nSPS) is 11.3. The topological polar surface area (TPSA) is 72.5 Å². The van der Waals surface area contributed by atoms with Crippen molar-refractivity contribution in [1.29, 1.82) is 0 Å². The van der Waals surface area contributed by atoms with Gasteiger partial charge in [0, 0.05) is 12.1 Å². The molecule has 0 saturated carbocycles. The average Bonchev–Trinajstić information content (AvgIpc) is 2.38. The predicted molar refractivity (Wildman–Crippen MR) is 80.9 cm³/mol. The van der Waals surface area contributed by atoms with Crippen molar-refractivity contribution in [2.45, 2.75) is 52.4 Å². The van der Waals surface area contributed by atoms with Crippen LogP contribution in [0.1, 0.15) is 52.4 Å². The molecule has 0 aliphatic rings. The van der Waals surface area contributed by atoms with E-state index in [-0.39, 0.29) is 18.9 Å². The van der Waals surface area contributed by atoms with Gasteiger partial charge in [-0.15, -0.1) is 0 Å². The third-order valence-corrected chi connectivity index (χ3v) is 4.24. The summed E-state index contributed by atoms with van der Waals surface area (Å²) in [6.07, 6.45) is 6.25. The zero-order valence-corrected chi connectivity index (χ0v) is 13.4. The molecule has 0 bridgehead atoms. The highest BCUT2D eigenvalue weighted by Crippen LogP contribution is 2.05. The summed E-state index contributed by atoms with van der Waals surface area (Å²) in [5.74, 6) is -0.367. The van der Waals surface area contributed by atoms with Crippen molar-refractivity contribution in [2.24, 2.45) is 0 Å². The van der Waals surface area contributed by atoms with E-state index in [0.717, 1.165) is 12.8 Å². The first-order valence-electron chi connectivity index (χ1n) is 7.19. The number of unbranched alkanes of at least 4 members (excludes halogenated alkanes) is 5. The van der Waals surface area contributed by atoms with E-state index in [1.54, 1.807) is 6.92 Å². The summed E-state index contributed by atoms with van der Waals surface area (Å²) >= 11 is 0. The van der Waals surface area contributed by atoms with Gasteiger partial charge < -0.3 is 4.74 Å². The van der Waals surface area contributed by atoms with Crippen LogP contribution in [-0.4, -0.2) is 33.3 Å². The SMILES string of the molecule is C=C(C)C(=O)OCCNS(=O)(=O)CCCCCCCC. The fourth-order valence-corrected chi connectivity index (χ4v) is 2.73. The molecule has 0 aromatic rings. The van der Waals surface area contributed by atoms with Gasteiger partial charge in [-0.3, -0.25) is 0 Å². The molecule has 0 aliphatic carbocycles. The van der Waals surface area contributed by atoms with Crippen molar-refractivity contribution in [3.8, 4) is 0 Å². The summed E-state index contributed by atoms with van der Waals surface area (Å²) in [7, 11) is -3.26. The smallest absolute Gasteiger partial charge is 0.333 e. The van der Waals surface area contributed by atoms with E-state index in [4.69, 9.17) is 4.74 Å². The zero-order chi connectivity index (χ0) is 15.4. The lowest BCUT2D eigenvalue weighted by Crippen LogP contribution is -2.30. The number of carbonyl (C=O) groups excluding carboxylic acids is 1. The van der Waals surface area contributed by atoms with Crippen LogP contribution in [0.3, 0.4) is 0 Å². The van der Waals surface area contributed by atoms with Crippen LogP contribution in [-0.2, 0) is 19.6 Å². The van der Waals surface area contributed by atoms with E-state index >= 15 is 0 Å². The third kappa shape index (κ3) is 11.0. The average molecular weight is 305 g/mol. The van der Waals surface area contributed by atoms with Crippen molar-refractivity contribution in [2.75, 3.05) is 18.9 Å². The molecule has 0 fully saturated rings. The molecule has 0 aromatic carbocycles. The molecule has 0 spiro atoms. The summed E-state index contributed by atoms with van der Waals surface area (Å²) < 4.78 is 30.5. The maximum absolute atomic E-state index is 11.6. The minimum atomic E-state index is -3.26. The van der Waals surface area contributed by atoms with Gasteiger partial charge in [0.15, 0.2) is 0 Å². The monoisotopic (exact) mass is 305 g/mol. The van der Waals surface area contributed by atoms with Crippen LogP contribution in [0.2, 0.25) is 0 Å². The minimum absolute atomic E-state index is 0.0292. The summed E-state index contributed by atoms with van der Waals surface area (Å²) in [5, 5.41) is 0.